The lowest BCUT2D eigenvalue weighted by atomic mass is 10.0. The zero-order valence-electron chi connectivity index (χ0n) is 20.3. The molecule has 2 aliphatic rings. The van der Waals surface area contributed by atoms with E-state index in [0.717, 1.165) is 17.8 Å². The molecule has 14 heteroatoms. The van der Waals surface area contributed by atoms with Crippen molar-refractivity contribution >= 4 is 62.4 Å². The Morgan fingerprint density at radius 2 is 2.03 bits per heavy atom. The first-order valence-corrected chi connectivity index (χ1v) is 13.8. The summed E-state index contributed by atoms with van der Waals surface area (Å²) in [6, 6.07) is 3.14. The van der Waals surface area contributed by atoms with Gasteiger partial charge in [0.2, 0.25) is 0 Å². The predicted molar refractivity (Wildman–Crippen MR) is 142 cm³/mol. The van der Waals surface area contributed by atoms with Crippen molar-refractivity contribution < 1.29 is 31.9 Å². The summed E-state index contributed by atoms with van der Waals surface area (Å²) >= 11 is 6.89. The highest BCUT2D eigenvalue weighted by Crippen LogP contribution is 2.42. The molecular weight excluding hydrogens is 547 g/mol. The third kappa shape index (κ3) is 5.15. The minimum Gasteiger partial charge on any atom is -0.494 e. The van der Waals surface area contributed by atoms with Crippen LogP contribution >= 0.6 is 23.4 Å². The molecule has 2 aromatic rings. The molecule has 1 atom stereocenters. The van der Waals surface area contributed by atoms with E-state index in [2.05, 4.69) is 10.6 Å². The summed E-state index contributed by atoms with van der Waals surface area (Å²) in [5.74, 6) is -0.611. The number of hydrogen-bond acceptors (Lipinski definition) is 8. The number of hydrogen-bond donors (Lipinski definition) is 3. The number of methoxy groups -OCH3 is 1. The first-order chi connectivity index (χ1) is 17.5. The summed E-state index contributed by atoms with van der Waals surface area (Å²) in [5, 5.41) is 5.25. The third-order valence-electron chi connectivity index (χ3n) is 5.80. The van der Waals surface area contributed by atoms with E-state index in [4.69, 9.17) is 21.1 Å². The number of halogens is 2. The molecule has 0 bridgehead atoms. The molecule has 4 rings (SSSR count). The standard InChI is InChI=1S/C23H24ClFN4O6S2/c1-11-7-16(29-10-35-17-9-15(26-3)14(25)8-13(17)22(29)30)21(34-4)12(2)20(11)27-23(31)28-37(32,33)19-6-5-18(24)36-19/h6-9,18,26H,5,10H2,1-4H3,(H2,27,28,31). The van der Waals surface area contributed by atoms with E-state index in [1.54, 1.807) is 27.0 Å². The van der Waals surface area contributed by atoms with Gasteiger partial charge >= 0.3 is 6.03 Å². The largest absolute Gasteiger partial charge is 0.494 e. The number of allylic oxidation sites excluding steroid dienone is 1. The van der Waals surface area contributed by atoms with Gasteiger partial charge in [-0.15, -0.1) is 11.6 Å². The summed E-state index contributed by atoms with van der Waals surface area (Å²) in [6.45, 7) is 3.17. The maximum atomic E-state index is 14.4. The van der Waals surface area contributed by atoms with Gasteiger partial charge < -0.3 is 20.1 Å². The first kappa shape index (κ1) is 26.9. The van der Waals surface area contributed by atoms with E-state index < -0.39 is 32.5 Å². The van der Waals surface area contributed by atoms with E-state index in [1.807, 2.05) is 4.72 Å². The maximum absolute atomic E-state index is 14.4. The van der Waals surface area contributed by atoms with Crippen LogP contribution < -0.4 is 29.7 Å². The summed E-state index contributed by atoms with van der Waals surface area (Å²) < 4.78 is 52.2. The number of fused-ring (bicyclic) bond motifs is 1. The van der Waals surface area contributed by atoms with Crippen molar-refractivity contribution in [2.24, 2.45) is 0 Å². The minimum absolute atomic E-state index is 0.0220. The highest BCUT2D eigenvalue weighted by atomic mass is 35.5. The molecular formula is C23H24ClFN4O6S2. The van der Waals surface area contributed by atoms with Crippen LogP contribution in [0.3, 0.4) is 0 Å². The predicted octanol–water partition coefficient (Wildman–Crippen LogP) is 4.48. The molecule has 0 saturated carbocycles. The van der Waals surface area contributed by atoms with Crippen LogP contribution in [-0.4, -0.2) is 46.0 Å². The van der Waals surface area contributed by atoms with Gasteiger partial charge in [-0.2, -0.15) is 0 Å². The summed E-state index contributed by atoms with van der Waals surface area (Å²) in [7, 11) is -1.13. The average Bonchev–Trinajstić information content (AvgIpc) is 3.29. The smallest absolute Gasteiger partial charge is 0.333 e. The number of nitrogens with zero attached hydrogens (tertiary/aromatic N) is 1. The lowest BCUT2D eigenvalue weighted by Gasteiger charge is -2.31. The topological polar surface area (TPSA) is 126 Å². The zero-order valence-corrected chi connectivity index (χ0v) is 22.7. The fraction of sp³-hybridized carbons (Fsp3) is 0.304. The van der Waals surface area contributed by atoms with Crippen LogP contribution in [0.4, 0.5) is 26.2 Å². The van der Waals surface area contributed by atoms with Gasteiger partial charge in [-0.1, -0.05) is 17.8 Å². The molecule has 0 fully saturated rings. The number of benzene rings is 2. The van der Waals surface area contributed by atoms with Crippen LogP contribution in [0.25, 0.3) is 0 Å². The summed E-state index contributed by atoms with van der Waals surface area (Å²) in [5.41, 5.74) is 1.84. The van der Waals surface area contributed by atoms with Crippen molar-refractivity contribution in [1.29, 1.82) is 0 Å². The van der Waals surface area contributed by atoms with Gasteiger partial charge in [0.15, 0.2) is 6.73 Å². The van der Waals surface area contributed by atoms with Crippen molar-refractivity contribution in [3.8, 4) is 11.5 Å². The Labute approximate surface area is 222 Å². The van der Waals surface area contributed by atoms with Crippen LogP contribution in [0.2, 0.25) is 0 Å². The number of carbonyl (C=O) groups excluding carboxylic acids is 2. The number of carbonyl (C=O) groups is 2. The quantitative estimate of drug-likeness (QED) is 0.434. The van der Waals surface area contributed by atoms with Crippen LogP contribution in [0.5, 0.6) is 11.5 Å². The van der Waals surface area contributed by atoms with Crippen molar-refractivity contribution in [3.63, 3.8) is 0 Å². The van der Waals surface area contributed by atoms with E-state index in [9.17, 15) is 22.4 Å². The van der Waals surface area contributed by atoms with Crippen molar-refractivity contribution in [3.05, 3.63) is 51.0 Å². The number of nitrogens with one attached hydrogen (secondary N) is 3. The van der Waals surface area contributed by atoms with Crippen LogP contribution in [0.15, 0.2) is 28.5 Å². The lowest BCUT2D eigenvalue weighted by Crippen LogP contribution is -2.39. The highest BCUT2D eigenvalue weighted by molar-refractivity contribution is 8.19. The number of sulfonamides is 1. The molecule has 0 radical (unpaired) electrons. The highest BCUT2D eigenvalue weighted by Gasteiger charge is 2.32. The maximum Gasteiger partial charge on any atom is 0.333 e. The fourth-order valence-corrected chi connectivity index (χ4v) is 6.90. The van der Waals surface area contributed by atoms with Crippen LogP contribution in [0.1, 0.15) is 27.9 Å². The van der Waals surface area contributed by atoms with Gasteiger partial charge in [0, 0.05) is 18.7 Å². The number of ether oxygens (including phenoxy) is 2. The molecule has 0 aromatic heterocycles. The van der Waals surface area contributed by atoms with Crippen molar-refractivity contribution in [2.45, 2.75) is 25.0 Å². The molecule has 2 aromatic carbocycles. The van der Waals surface area contributed by atoms with Gasteiger partial charge in [0.25, 0.3) is 15.9 Å². The Hall–Kier alpha value is -3.16. The van der Waals surface area contributed by atoms with E-state index in [0.29, 0.717) is 28.9 Å². The molecule has 2 heterocycles. The number of aryl methyl sites for hydroxylation is 1. The van der Waals surface area contributed by atoms with Crippen molar-refractivity contribution in [1.82, 2.24) is 4.72 Å². The Morgan fingerprint density at radius 1 is 1.30 bits per heavy atom. The number of urea groups is 1. The summed E-state index contributed by atoms with van der Waals surface area (Å²) in [4.78, 5) is 27.2. The number of amides is 3. The molecule has 37 heavy (non-hydrogen) atoms. The Kier molecular flexibility index (Phi) is 7.49. The average molecular weight is 571 g/mol. The second-order valence-electron chi connectivity index (χ2n) is 8.18. The zero-order chi connectivity index (χ0) is 27.1. The van der Waals surface area contributed by atoms with E-state index in [-0.39, 0.29) is 33.7 Å². The fourth-order valence-electron chi connectivity index (χ4n) is 4.04. The molecule has 0 aliphatic carbocycles. The van der Waals surface area contributed by atoms with Gasteiger partial charge in [0.1, 0.15) is 21.6 Å². The molecule has 10 nitrogen and oxygen atoms in total. The van der Waals surface area contributed by atoms with Gasteiger partial charge in [0.05, 0.1) is 34.4 Å². The van der Waals surface area contributed by atoms with Gasteiger partial charge in [-0.25, -0.2) is 22.3 Å². The van der Waals surface area contributed by atoms with Crippen LogP contribution in [-0.2, 0) is 10.0 Å². The number of anilines is 3. The number of rotatable bonds is 6. The van der Waals surface area contributed by atoms with Crippen LogP contribution in [0, 0.1) is 19.7 Å². The first-order valence-electron chi connectivity index (χ1n) is 11.0. The molecule has 1 unspecified atom stereocenters. The minimum atomic E-state index is -4.08. The van der Waals surface area contributed by atoms with E-state index >= 15 is 0 Å². The van der Waals surface area contributed by atoms with Crippen molar-refractivity contribution in [2.75, 3.05) is 36.4 Å². The normalized spacial score (nSPS) is 17.0. The summed E-state index contributed by atoms with van der Waals surface area (Å²) in [6.07, 6.45) is 1.82. The third-order valence-corrected chi connectivity index (χ3v) is 9.19. The lowest BCUT2D eigenvalue weighted by molar-refractivity contribution is 0.0935. The number of thioether (sulfide) groups is 1. The second-order valence-corrected chi connectivity index (χ2v) is 12.1. The van der Waals surface area contributed by atoms with Gasteiger partial charge in [-0.3, -0.25) is 9.69 Å². The van der Waals surface area contributed by atoms with Gasteiger partial charge in [-0.05, 0) is 38.0 Å². The number of alkyl halides is 1. The Balaban J connectivity index is 1.61. The molecule has 0 saturated heterocycles. The molecule has 0 spiro atoms. The Bertz CT molecular complexity index is 1430. The monoisotopic (exact) mass is 570 g/mol. The SMILES string of the molecule is CNc1cc2c(cc1F)C(=O)N(c1cc(C)c(NC(=O)NS(=O)(=O)C3=CCC(Cl)S3)c(C)c1OC)CO2. The van der Waals surface area contributed by atoms with E-state index in [1.165, 1.54) is 24.2 Å². The second kappa shape index (κ2) is 10.3. The molecule has 3 amide bonds. The molecule has 3 N–H and O–H groups in total. The molecule has 198 valence electrons. The molecule has 2 aliphatic heterocycles. The Morgan fingerprint density at radius 3 is 2.65 bits per heavy atom.